The zero-order valence-electron chi connectivity index (χ0n) is 19.2. The number of benzene rings is 1. The third-order valence-electron chi connectivity index (χ3n) is 7.13. The molecule has 2 aliphatic rings. The first-order valence-electron chi connectivity index (χ1n) is 11.9. The van der Waals surface area contributed by atoms with Gasteiger partial charge in [-0.25, -0.2) is 9.67 Å². The van der Waals surface area contributed by atoms with Crippen molar-refractivity contribution in [1.82, 2.24) is 24.6 Å². The highest BCUT2D eigenvalue weighted by Crippen LogP contribution is 2.34. The number of nitrogens with one attached hydrogen (secondary N) is 1. The Labute approximate surface area is 193 Å². The molecule has 0 radical (unpaired) electrons. The van der Waals surface area contributed by atoms with Gasteiger partial charge in [-0.15, -0.1) is 0 Å². The van der Waals surface area contributed by atoms with E-state index in [1.807, 2.05) is 4.68 Å². The van der Waals surface area contributed by atoms with E-state index in [1.54, 1.807) is 6.20 Å². The number of fused-ring (bicyclic) bond motifs is 1. The van der Waals surface area contributed by atoms with Crippen LogP contribution in [-0.2, 0) is 17.8 Å². The monoisotopic (exact) mass is 448 g/mol. The van der Waals surface area contributed by atoms with Gasteiger partial charge in [-0.2, -0.15) is 5.10 Å². The lowest BCUT2D eigenvalue weighted by Gasteiger charge is -2.23. The summed E-state index contributed by atoms with van der Waals surface area (Å²) in [4.78, 5) is 27.4. The summed E-state index contributed by atoms with van der Waals surface area (Å²) >= 11 is 0. The van der Waals surface area contributed by atoms with E-state index in [9.17, 15) is 4.79 Å². The van der Waals surface area contributed by atoms with Crippen LogP contribution in [0, 0.1) is 5.92 Å². The van der Waals surface area contributed by atoms with E-state index >= 15 is 0 Å². The highest BCUT2D eigenvalue weighted by Gasteiger charge is 2.35. The van der Waals surface area contributed by atoms with Gasteiger partial charge in [0.2, 0.25) is 0 Å². The maximum Gasteiger partial charge on any atom is 0.262 e. The van der Waals surface area contributed by atoms with Gasteiger partial charge >= 0.3 is 0 Å². The first kappa shape index (κ1) is 22.0. The van der Waals surface area contributed by atoms with Gasteiger partial charge in [0.15, 0.2) is 5.65 Å². The van der Waals surface area contributed by atoms with Crippen LogP contribution in [0.4, 0.5) is 0 Å². The lowest BCUT2D eigenvalue weighted by atomic mass is 9.93. The quantitative estimate of drug-likeness (QED) is 0.561. The number of aliphatic imine (C=N–C) groups is 1. The highest BCUT2D eigenvalue weighted by atomic mass is 16.5. The molecule has 0 saturated carbocycles. The molecule has 174 valence electrons. The number of likely N-dealkylation sites (tertiary alicyclic amines) is 1. The molecule has 0 spiro atoms. The van der Waals surface area contributed by atoms with Crippen molar-refractivity contribution < 1.29 is 4.74 Å². The molecule has 2 saturated heterocycles. The zero-order valence-corrected chi connectivity index (χ0v) is 19.2. The van der Waals surface area contributed by atoms with E-state index in [0.29, 0.717) is 23.5 Å². The van der Waals surface area contributed by atoms with Gasteiger partial charge in [-0.05, 0) is 36.6 Å². The normalized spacial score (nSPS) is 22.2. The van der Waals surface area contributed by atoms with Gasteiger partial charge in [-0.1, -0.05) is 37.6 Å². The highest BCUT2D eigenvalue weighted by molar-refractivity contribution is 5.73. The number of aromatic amines is 1. The average molecular weight is 449 g/mol. The van der Waals surface area contributed by atoms with Gasteiger partial charge in [0.1, 0.15) is 11.2 Å². The van der Waals surface area contributed by atoms with Crippen LogP contribution >= 0.6 is 0 Å². The molecule has 4 heterocycles. The number of rotatable bonds is 7. The molecule has 0 aliphatic carbocycles. The fourth-order valence-electron chi connectivity index (χ4n) is 5.28. The molecular weight excluding hydrogens is 416 g/mol. The molecule has 3 aromatic rings. The lowest BCUT2D eigenvalue weighted by molar-refractivity contribution is 0.0673. The summed E-state index contributed by atoms with van der Waals surface area (Å²) in [5.74, 6) is 1.45. The molecule has 5 rings (SSSR count). The van der Waals surface area contributed by atoms with E-state index in [1.165, 1.54) is 11.1 Å². The van der Waals surface area contributed by atoms with Crippen molar-refractivity contribution in [3.8, 4) is 0 Å². The molecule has 1 N–H and O–H groups in total. The van der Waals surface area contributed by atoms with Crippen LogP contribution in [0.1, 0.15) is 55.1 Å². The van der Waals surface area contributed by atoms with Crippen molar-refractivity contribution in [2.24, 2.45) is 10.9 Å². The lowest BCUT2D eigenvalue weighted by Crippen LogP contribution is -2.23. The SMILES string of the molecule is C=NCc1ccc(CN2C[C@@H](CC)[C@H](c3nc4c(cnn4C4CCOCC4)c(=O)[nH]3)C2)cc1. The minimum atomic E-state index is -0.0898. The Bertz CT molecular complexity index is 1160. The smallest absolute Gasteiger partial charge is 0.262 e. The van der Waals surface area contributed by atoms with Gasteiger partial charge in [0, 0.05) is 38.8 Å². The van der Waals surface area contributed by atoms with Crippen molar-refractivity contribution in [2.45, 2.75) is 51.2 Å². The van der Waals surface area contributed by atoms with E-state index in [-0.39, 0.29) is 17.5 Å². The minimum Gasteiger partial charge on any atom is -0.381 e. The largest absolute Gasteiger partial charge is 0.381 e. The Morgan fingerprint density at radius 2 is 1.94 bits per heavy atom. The number of H-pyrrole nitrogens is 1. The molecule has 0 amide bonds. The Hall–Kier alpha value is -2.84. The van der Waals surface area contributed by atoms with E-state index in [0.717, 1.165) is 57.9 Å². The second kappa shape index (κ2) is 9.57. The third kappa shape index (κ3) is 4.50. The summed E-state index contributed by atoms with van der Waals surface area (Å²) in [6.07, 6.45) is 4.50. The Kier molecular flexibility index (Phi) is 6.37. The summed E-state index contributed by atoms with van der Waals surface area (Å²) < 4.78 is 7.45. The number of hydrogen-bond donors (Lipinski definition) is 1. The van der Waals surface area contributed by atoms with E-state index in [2.05, 4.69) is 57.9 Å². The predicted molar refractivity (Wildman–Crippen MR) is 129 cm³/mol. The summed E-state index contributed by atoms with van der Waals surface area (Å²) in [5, 5.41) is 5.11. The fourth-order valence-corrected chi connectivity index (χ4v) is 5.28. The van der Waals surface area contributed by atoms with Gasteiger partial charge in [-0.3, -0.25) is 14.7 Å². The second-order valence-electron chi connectivity index (χ2n) is 9.29. The Morgan fingerprint density at radius 1 is 1.18 bits per heavy atom. The first-order valence-corrected chi connectivity index (χ1v) is 11.9. The van der Waals surface area contributed by atoms with Crippen LogP contribution in [0.2, 0.25) is 0 Å². The molecule has 1 aromatic carbocycles. The van der Waals surface area contributed by atoms with Crippen LogP contribution in [-0.4, -0.2) is 57.7 Å². The number of hydrogen-bond acceptors (Lipinski definition) is 6. The first-order chi connectivity index (χ1) is 16.2. The number of ether oxygens (including phenoxy) is 1. The van der Waals surface area contributed by atoms with Crippen LogP contribution in [0.3, 0.4) is 0 Å². The summed E-state index contributed by atoms with van der Waals surface area (Å²) in [5.41, 5.74) is 3.08. The van der Waals surface area contributed by atoms with Crippen molar-refractivity contribution >= 4 is 17.8 Å². The van der Waals surface area contributed by atoms with Crippen molar-refractivity contribution in [2.75, 3.05) is 26.3 Å². The molecule has 2 aliphatic heterocycles. The molecule has 0 bridgehead atoms. The Balaban J connectivity index is 1.38. The molecule has 33 heavy (non-hydrogen) atoms. The summed E-state index contributed by atoms with van der Waals surface area (Å²) in [6.45, 7) is 10.7. The Morgan fingerprint density at radius 3 is 2.67 bits per heavy atom. The topological polar surface area (TPSA) is 88.4 Å². The van der Waals surface area contributed by atoms with Crippen LogP contribution < -0.4 is 5.56 Å². The molecule has 8 heteroatoms. The third-order valence-corrected chi connectivity index (χ3v) is 7.13. The number of nitrogens with zero attached hydrogens (tertiary/aromatic N) is 5. The summed E-state index contributed by atoms with van der Waals surface area (Å²) in [7, 11) is 0. The van der Waals surface area contributed by atoms with Gasteiger partial charge in [0.25, 0.3) is 5.56 Å². The van der Waals surface area contributed by atoms with Crippen molar-refractivity contribution in [3.05, 3.63) is 57.8 Å². The molecule has 0 unspecified atom stereocenters. The van der Waals surface area contributed by atoms with E-state index in [4.69, 9.17) is 9.72 Å². The summed E-state index contributed by atoms with van der Waals surface area (Å²) in [6, 6.07) is 8.83. The second-order valence-corrected chi connectivity index (χ2v) is 9.29. The maximum absolute atomic E-state index is 12.9. The molecule has 8 nitrogen and oxygen atoms in total. The minimum absolute atomic E-state index is 0.0898. The van der Waals surface area contributed by atoms with Gasteiger partial charge < -0.3 is 9.72 Å². The zero-order chi connectivity index (χ0) is 22.8. The average Bonchev–Trinajstić information content (AvgIpc) is 3.45. The maximum atomic E-state index is 12.9. The van der Waals surface area contributed by atoms with Crippen LogP contribution in [0.25, 0.3) is 11.0 Å². The van der Waals surface area contributed by atoms with Crippen molar-refractivity contribution in [3.63, 3.8) is 0 Å². The number of aromatic nitrogens is 4. The van der Waals surface area contributed by atoms with E-state index < -0.39 is 0 Å². The molecule has 2 atom stereocenters. The molecule has 2 fully saturated rings. The fraction of sp³-hybridized carbons (Fsp3) is 0.520. The predicted octanol–water partition coefficient (Wildman–Crippen LogP) is 3.30. The van der Waals surface area contributed by atoms with Gasteiger partial charge in [0.05, 0.1) is 18.8 Å². The molecule has 2 aromatic heterocycles. The van der Waals surface area contributed by atoms with Crippen LogP contribution in [0.5, 0.6) is 0 Å². The molecular formula is C25H32N6O2. The van der Waals surface area contributed by atoms with Crippen molar-refractivity contribution in [1.29, 1.82) is 0 Å². The van der Waals surface area contributed by atoms with Crippen LogP contribution in [0.15, 0.2) is 40.2 Å². The standard InChI is InChI=1S/C25H32N6O2/c1-3-19-15-30(14-18-6-4-17(5-7-18)12-26-2)16-22(19)23-28-24-21(25(32)29-23)13-27-31(24)20-8-10-33-11-9-20/h4-7,13,19-20,22H,2-3,8-12,14-16H2,1H3,(H,28,29,32)/t19-,22-/m1/s1.